The quantitative estimate of drug-likeness (QED) is 0.203. The first kappa shape index (κ1) is 27.4. The zero-order chi connectivity index (χ0) is 27.1. The molecule has 0 aliphatic carbocycles. The van der Waals surface area contributed by atoms with Crippen LogP contribution in [0, 0.1) is 0 Å². The molecule has 1 atom stereocenters. The number of carbonyl (C=O) groups is 2. The van der Waals surface area contributed by atoms with Crippen LogP contribution in [0.4, 0.5) is 11.4 Å². The molecule has 0 saturated carbocycles. The molecule has 9 heteroatoms. The summed E-state index contributed by atoms with van der Waals surface area (Å²) in [6.45, 7) is 0. The number of hydrogen-bond acceptors (Lipinski definition) is 5. The van der Waals surface area contributed by atoms with Gasteiger partial charge in [-0.3, -0.25) is 9.59 Å². The highest BCUT2D eigenvalue weighted by molar-refractivity contribution is 8.00. The Morgan fingerprint density at radius 3 is 2.16 bits per heavy atom. The van der Waals surface area contributed by atoms with Gasteiger partial charge in [-0.15, -0.1) is 11.8 Å². The van der Waals surface area contributed by atoms with Gasteiger partial charge in [0.1, 0.15) is 22.3 Å². The molecule has 2 N–H and O–H groups in total. The molecule has 194 valence electrons. The van der Waals surface area contributed by atoms with Crippen molar-refractivity contribution < 1.29 is 19.1 Å². The van der Waals surface area contributed by atoms with Crippen LogP contribution < -0.4 is 20.1 Å². The number of benzene rings is 4. The molecule has 6 nitrogen and oxygen atoms in total. The maximum atomic E-state index is 13.4. The summed E-state index contributed by atoms with van der Waals surface area (Å²) in [6, 6.07) is 26.7. The Morgan fingerprint density at radius 1 is 0.789 bits per heavy atom. The van der Waals surface area contributed by atoms with Gasteiger partial charge in [0.25, 0.3) is 5.91 Å². The maximum absolute atomic E-state index is 13.4. The first-order valence-corrected chi connectivity index (χ1v) is 13.1. The van der Waals surface area contributed by atoms with Gasteiger partial charge in [-0.25, -0.2) is 0 Å². The van der Waals surface area contributed by atoms with E-state index >= 15 is 0 Å². The van der Waals surface area contributed by atoms with Crippen LogP contribution in [-0.4, -0.2) is 26.0 Å². The molecule has 38 heavy (non-hydrogen) atoms. The SMILES string of the molecule is COc1cccc(OC)c1C(=O)Nc1cccc(SC(C(=O)Nc2cc(Cl)ccc2Cl)c2ccccc2)c1. The normalized spacial score (nSPS) is 11.4. The predicted octanol–water partition coefficient (Wildman–Crippen LogP) is 7.74. The van der Waals surface area contributed by atoms with Crippen LogP contribution in [-0.2, 0) is 4.79 Å². The fourth-order valence-electron chi connectivity index (χ4n) is 3.74. The summed E-state index contributed by atoms with van der Waals surface area (Å²) in [5, 5.41) is 6.03. The van der Waals surface area contributed by atoms with Crippen LogP contribution in [0.3, 0.4) is 0 Å². The second kappa shape index (κ2) is 12.7. The number of thioether (sulfide) groups is 1. The number of ether oxygens (including phenoxy) is 2. The zero-order valence-corrected chi connectivity index (χ0v) is 22.9. The number of carbonyl (C=O) groups excluding carboxylic acids is 2. The molecule has 0 aromatic heterocycles. The van der Waals surface area contributed by atoms with E-state index < -0.39 is 5.25 Å². The summed E-state index contributed by atoms with van der Waals surface area (Å²) in [5.41, 5.74) is 2.08. The Hall–Kier alpha value is -3.65. The second-order valence-electron chi connectivity index (χ2n) is 8.04. The molecule has 0 spiro atoms. The number of methoxy groups -OCH3 is 2. The van der Waals surface area contributed by atoms with E-state index in [1.165, 1.54) is 26.0 Å². The van der Waals surface area contributed by atoms with Gasteiger partial charge in [0.05, 0.1) is 24.9 Å². The van der Waals surface area contributed by atoms with Crippen molar-refractivity contribution in [1.82, 2.24) is 0 Å². The van der Waals surface area contributed by atoms with Crippen molar-refractivity contribution in [1.29, 1.82) is 0 Å². The van der Waals surface area contributed by atoms with Crippen LogP contribution in [0.15, 0.2) is 95.9 Å². The van der Waals surface area contributed by atoms with Crippen molar-refractivity contribution in [2.45, 2.75) is 10.1 Å². The lowest BCUT2D eigenvalue weighted by Gasteiger charge is -2.18. The van der Waals surface area contributed by atoms with E-state index in [4.69, 9.17) is 32.7 Å². The van der Waals surface area contributed by atoms with Crippen molar-refractivity contribution in [3.05, 3.63) is 112 Å². The Balaban J connectivity index is 1.59. The third-order valence-corrected chi connectivity index (χ3v) is 7.34. The monoisotopic (exact) mass is 566 g/mol. The summed E-state index contributed by atoms with van der Waals surface area (Å²) in [7, 11) is 2.99. The minimum absolute atomic E-state index is 0.265. The van der Waals surface area contributed by atoms with E-state index in [0.29, 0.717) is 32.9 Å². The number of anilines is 2. The molecule has 4 aromatic rings. The molecular weight excluding hydrogens is 543 g/mol. The third-order valence-electron chi connectivity index (χ3n) is 5.53. The molecular formula is C29H24Cl2N2O4S. The number of nitrogens with one attached hydrogen (secondary N) is 2. The maximum Gasteiger partial charge on any atom is 0.263 e. The van der Waals surface area contributed by atoms with E-state index in [1.54, 1.807) is 48.5 Å². The van der Waals surface area contributed by atoms with Crippen LogP contribution >= 0.6 is 35.0 Å². The molecule has 0 heterocycles. The smallest absolute Gasteiger partial charge is 0.263 e. The topological polar surface area (TPSA) is 76.7 Å². The number of halogens is 2. The number of amides is 2. The molecule has 2 amide bonds. The number of hydrogen-bond donors (Lipinski definition) is 2. The molecule has 1 unspecified atom stereocenters. The lowest BCUT2D eigenvalue weighted by Crippen LogP contribution is -2.19. The fraction of sp³-hybridized carbons (Fsp3) is 0.103. The summed E-state index contributed by atoms with van der Waals surface area (Å²) >= 11 is 13.7. The Bertz CT molecular complexity index is 1430. The van der Waals surface area contributed by atoms with Crippen molar-refractivity contribution >= 4 is 58.2 Å². The van der Waals surface area contributed by atoms with Crippen LogP contribution in [0.2, 0.25) is 10.0 Å². The highest BCUT2D eigenvalue weighted by atomic mass is 35.5. The number of rotatable bonds is 9. The Kier molecular flexibility index (Phi) is 9.18. The van der Waals surface area contributed by atoms with Gasteiger partial charge in [0.15, 0.2) is 0 Å². The first-order chi connectivity index (χ1) is 18.4. The van der Waals surface area contributed by atoms with Crippen molar-refractivity contribution in [3.8, 4) is 11.5 Å². The van der Waals surface area contributed by atoms with Gasteiger partial charge in [0.2, 0.25) is 5.91 Å². The van der Waals surface area contributed by atoms with E-state index in [1.807, 2.05) is 42.5 Å². The molecule has 4 rings (SSSR count). The average Bonchev–Trinajstić information content (AvgIpc) is 2.93. The molecule has 0 saturated heterocycles. The predicted molar refractivity (Wildman–Crippen MR) is 154 cm³/mol. The van der Waals surface area contributed by atoms with Crippen LogP contribution in [0.5, 0.6) is 11.5 Å². The van der Waals surface area contributed by atoms with Crippen LogP contribution in [0.25, 0.3) is 0 Å². The first-order valence-electron chi connectivity index (χ1n) is 11.5. The molecule has 0 fully saturated rings. The van der Waals surface area contributed by atoms with Crippen molar-refractivity contribution in [2.75, 3.05) is 24.9 Å². The Morgan fingerprint density at radius 2 is 1.47 bits per heavy atom. The largest absolute Gasteiger partial charge is 0.496 e. The van der Waals surface area contributed by atoms with Gasteiger partial charge in [0, 0.05) is 15.6 Å². The lowest BCUT2D eigenvalue weighted by molar-refractivity contribution is -0.115. The van der Waals surface area contributed by atoms with Gasteiger partial charge in [-0.2, -0.15) is 0 Å². The van der Waals surface area contributed by atoms with Gasteiger partial charge >= 0.3 is 0 Å². The molecule has 0 aliphatic heterocycles. The van der Waals surface area contributed by atoms with Gasteiger partial charge in [-0.1, -0.05) is 65.7 Å². The summed E-state index contributed by atoms with van der Waals surface area (Å²) < 4.78 is 10.7. The molecule has 4 aromatic carbocycles. The third kappa shape index (κ3) is 6.61. The average molecular weight is 567 g/mol. The molecule has 0 bridgehead atoms. The van der Waals surface area contributed by atoms with Crippen molar-refractivity contribution in [2.24, 2.45) is 0 Å². The summed E-state index contributed by atoms with van der Waals surface area (Å²) in [4.78, 5) is 27.3. The van der Waals surface area contributed by atoms with E-state index in [-0.39, 0.29) is 17.4 Å². The van der Waals surface area contributed by atoms with E-state index in [0.717, 1.165) is 10.5 Å². The van der Waals surface area contributed by atoms with Gasteiger partial charge < -0.3 is 20.1 Å². The minimum atomic E-state index is -0.605. The zero-order valence-electron chi connectivity index (χ0n) is 20.5. The standard InChI is InChI=1S/C29H24Cl2N2O4S/c1-36-24-12-7-13-25(37-2)26(24)28(34)32-20-10-6-11-21(17-20)38-27(18-8-4-3-5-9-18)29(35)33-23-16-19(30)14-15-22(23)31/h3-17,27H,1-2H3,(H,32,34)(H,33,35). The lowest BCUT2D eigenvalue weighted by atomic mass is 10.1. The Labute approximate surface area is 235 Å². The van der Waals surface area contributed by atoms with Crippen LogP contribution in [0.1, 0.15) is 21.2 Å². The van der Waals surface area contributed by atoms with E-state index in [2.05, 4.69) is 10.6 Å². The van der Waals surface area contributed by atoms with Crippen molar-refractivity contribution in [3.63, 3.8) is 0 Å². The fourth-order valence-corrected chi connectivity index (χ4v) is 5.16. The van der Waals surface area contributed by atoms with E-state index in [9.17, 15) is 9.59 Å². The highest BCUT2D eigenvalue weighted by Crippen LogP contribution is 2.38. The summed E-state index contributed by atoms with van der Waals surface area (Å²) in [5.74, 6) is 0.147. The molecule has 0 radical (unpaired) electrons. The minimum Gasteiger partial charge on any atom is -0.496 e. The second-order valence-corrected chi connectivity index (χ2v) is 10.1. The molecule has 0 aliphatic rings. The highest BCUT2D eigenvalue weighted by Gasteiger charge is 2.24. The summed E-state index contributed by atoms with van der Waals surface area (Å²) in [6.07, 6.45) is 0. The van der Waals surface area contributed by atoms with Gasteiger partial charge in [-0.05, 0) is 54.1 Å².